The molecule has 2 aromatic carbocycles. The number of benzene rings is 2. The molecule has 0 N–H and O–H groups in total. The first-order chi connectivity index (χ1) is 16.2. The molecule has 3 aromatic rings. The van der Waals surface area contributed by atoms with Crippen molar-refractivity contribution < 1.29 is 22.7 Å². The van der Waals surface area contributed by atoms with Gasteiger partial charge in [0, 0.05) is 24.0 Å². The Kier molecular flexibility index (Phi) is 6.52. The summed E-state index contributed by atoms with van der Waals surface area (Å²) in [4.78, 5) is 38.2. The Morgan fingerprint density at radius 2 is 1.85 bits per heavy atom. The van der Waals surface area contributed by atoms with Crippen LogP contribution >= 0.6 is 0 Å². The molecule has 0 unspecified atom stereocenters. The Morgan fingerprint density at radius 1 is 1.12 bits per heavy atom. The molecule has 0 bridgehead atoms. The highest BCUT2D eigenvalue weighted by Crippen LogP contribution is 2.30. The number of carbonyl (C=O) groups excluding carboxylic acids is 2. The number of hydrogen-bond donors (Lipinski definition) is 0. The predicted octanol–water partition coefficient (Wildman–Crippen LogP) is 2.56. The summed E-state index contributed by atoms with van der Waals surface area (Å²) in [5.41, 5.74) is 1.34. The number of ketones is 1. The third-order valence-corrected chi connectivity index (χ3v) is 6.89. The minimum atomic E-state index is -3.41. The zero-order valence-corrected chi connectivity index (χ0v) is 19.8. The highest BCUT2D eigenvalue weighted by Gasteiger charge is 2.25. The van der Waals surface area contributed by atoms with E-state index in [1.807, 2.05) is 6.92 Å². The molecule has 0 spiro atoms. The lowest BCUT2D eigenvalue weighted by Crippen LogP contribution is -2.34. The number of rotatable bonds is 7. The summed E-state index contributed by atoms with van der Waals surface area (Å²) >= 11 is 0. The highest BCUT2D eigenvalue weighted by molar-refractivity contribution is 7.92. The number of aryl methyl sites for hydroxylation is 2. The maximum Gasteiger partial charge on any atom is 0.359 e. The van der Waals surface area contributed by atoms with Gasteiger partial charge in [0.05, 0.1) is 17.3 Å². The molecule has 34 heavy (non-hydrogen) atoms. The molecule has 0 amide bonds. The number of aromatic nitrogens is 2. The topological polar surface area (TPSA) is 116 Å². The zero-order valence-electron chi connectivity index (χ0n) is 19.0. The second-order valence-corrected chi connectivity index (χ2v) is 10.1. The van der Waals surface area contributed by atoms with Gasteiger partial charge in [0.15, 0.2) is 18.1 Å². The smallest absolute Gasteiger partial charge is 0.359 e. The molecule has 1 aromatic heterocycles. The first kappa shape index (κ1) is 23.6. The average Bonchev–Trinajstić information content (AvgIpc) is 2.82. The summed E-state index contributed by atoms with van der Waals surface area (Å²) in [6, 6.07) is 11.4. The molecule has 9 nitrogen and oxygen atoms in total. The summed E-state index contributed by atoms with van der Waals surface area (Å²) in [5, 5.41) is 4.91. The van der Waals surface area contributed by atoms with E-state index in [0.29, 0.717) is 54.4 Å². The number of carbonyl (C=O) groups is 2. The molecule has 1 aliphatic heterocycles. The van der Waals surface area contributed by atoms with Gasteiger partial charge in [-0.2, -0.15) is 5.10 Å². The van der Waals surface area contributed by atoms with Gasteiger partial charge in [-0.1, -0.05) is 25.1 Å². The van der Waals surface area contributed by atoms with Crippen LogP contribution in [-0.4, -0.2) is 49.4 Å². The minimum absolute atomic E-state index is 0.0225. The average molecular weight is 484 g/mol. The lowest BCUT2D eigenvalue weighted by atomic mass is 9.99. The lowest BCUT2D eigenvalue weighted by Gasteiger charge is -2.29. The number of anilines is 1. The Morgan fingerprint density at radius 3 is 2.56 bits per heavy atom. The standard InChI is InChI=1S/C24H25N3O6S/c1-3-12-26-23(29)19-9-5-4-8-18(19)22(25-26)24(30)33-15-21(28)17-10-11-20-16(14-17)7-6-13-27(20)34(2,31)32/h4-5,8-11,14H,3,6-7,12-13,15H2,1-2H3. The van der Waals surface area contributed by atoms with E-state index < -0.39 is 28.4 Å². The van der Waals surface area contributed by atoms with Crippen molar-refractivity contribution in [2.24, 2.45) is 0 Å². The van der Waals surface area contributed by atoms with E-state index >= 15 is 0 Å². The molecule has 0 fully saturated rings. The van der Waals surface area contributed by atoms with Crippen molar-refractivity contribution in [3.05, 3.63) is 69.6 Å². The SMILES string of the molecule is CCCn1nc(C(=O)OCC(=O)c2ccc3c(c2)CCCN3S(C)(=O)=O)c2ccccc2c1=O. The van der Waals surface area contributed by atoms with Gasteiger partial charge in [-0.3, -0.25) is 13.9 Å². The van der Waals surface area contributed by atoms with Gasteiger partial charge >= 0.3 is 5.97 Å². The van der Waals surface area contributed by atoms with E-state index in [9.17, 15) is 22.8 Å². The van der Waals surface area contributed by atoms with E-state index in [4.69, 9.17) is 4.74 Å². The molecule has 1 aliphatic rings. The van der Waals surface area contributed by atoms with Gasteiger partial charge in [-0.05, 0) is 49.1 Å². The van der Waals surface area contributed by atoms with E-state index in [1.54, 1.807) is 36.4 Å². The van der Waals surface area contributed by atoms with Gasteiger partial charge in [0.2, 0.25) is 10.0 Å². The fourth-order valence-corrected chi connectivity index (χ4v) is 5.11. The largest absolute Gasteiger partial charge is 0.452 e. The van der Waals surface area contributed by atoms with Crippen molar-refractivity contribution in [1.82, 2.24) is 9.78 Å². The van der Waals surface area contributed by atoms with Gasteiger partial charge in [-0.25, -0.2) is 17.9 Å². The minimum Gasteiger partial charge on any atom is -0.452 e. The molecule has 0 atom stereocenters. The number of sulfonamides is 1. The molecule has 0 radical (unpaired) electrons. The van der Waals surface area contributed by atoms with Crippen molar-refractivity contribution >= 4 is 38.2 Å². The monoisotopic (exact) mass is 483 g/mol. The van der Waals surface area contributed by atoms with Crippen LogP contribution in [0, 0.1) is 0 Å². The van der Waals surface area contributed by atoms with Gasteiger partial charge < -0.3 is 4.74 Å². The van der Waals surface area contributed by atoms with Crippen LogP contribution in [0.25, 0.3) is 10.8 Å². The lowest BCUT2D eigenvalue weighted by molar-refractivity contribution is 0.0468. The molecule has 178 valence electrons. The van der Waals surface area contributed by atoms with Gasteiger partial charge in [-0.15, -0.1) is 0 Å². The number of hydrogen-bond acceptors (Lipinski definition) is 7. The van der Waals surface area contributed by atoms with E-state index in [2.05, 4.69) is 5.10 Å². The molecular formula is C24H25N3O6S. The zero-order chi connectivity index (χ0) is 24.5. The molecule has 10 heteroatoms. The molecule has 0 saturated heterocycles. The Balaban J connectivity index is 1.55. The highest BCUT2D eigenvalue weighted by atomic mass is 32.2. The Bertz CT molecular complexity index is 1440. The number of Topliss-reactive ketones (excluding diaryl/α,β-unsaturated/α-hetero) is 1. The molecule has 4 rings (SSSR count). The number of esters is 1. The molecule has 0 aliphatic carbocycles. The quantitative estimate of drug-likeness (QED) is 0.375. The predicted molar refractivity (Wildman–Crippen MR) is 128 cm³/mol. The first-order valence-corrected chi connectivity index (χ1v) is 12.9. The number of fused-ring (bicyclic) bond motifs is 2. The van der Waals surface area contributed by atoms with Crippen LogP contribution in [0.4, 0.5) is 5.69 Å². The van der Waals surface area contributed by atoms with Gasteiger partial charge in [0.25, 0.3) is 5.56 Å². The number of ether oxygens (including phenoxy) is 1. The van der Waals surface area contributed by atoms with Crippen LogP contribution in [0.2, 0.25) is 0 Å². The number of nitrogens with zero attached hydrogens (tertiary/aromatic N) is 3. The van der Waals surface area contributed by atoms with Crippen LogP contribution in [0.3, 0.4) is 0 Å². The molecule has 2 heterocycles. The first-order valence-electron chi connectivity index (χ1n) is 11.0. The van der Waals surface area contributed by atoms with E-state index in [1.165, 1.54) is 15.1 Å². The third-order valence-electron chi connectivity index (χ3n) is 5.71. The second kappa shape index (κ2) is 9.38. The summed E-state index contributed by atoms with van der Waals surface area (Å²) < 4.78 is 31.9. The van der Waals surface area contributed by atoms with Crippen LogP contribution in [-0.2, 0) is 27.7 Å². The summed E-state index contributed by atoms with van der Waals surface area (Å²) in [7, 11) is -3.41. The summed E-state index contributed by atoms with van der Waals surface area (Å²) in [5.74, 6) is -1.21. The van der Waals surface area contributed by atoms with Crippen LogP contribution in [0.1, 0.15) is 46.2 Å². The summed E-state index contributed by atoms with van der Waals surface area (Å²) in [6.07, 6.45) is 3.12. The van der Waals surface area contributed by atoms with Crippen molar-refractivity contribution in [3.63, 3.8) is 0 Å². The third kappa shape index (κ3) is 4.58. The fourth-order valence-electron chi connectivity index (χ4n) is 4.11. The Labute approximate surface area is 197 Å². The van der Waals surface area contributed by atoms with Gasteiger partial charge in [0.1, 0.15) is 0 Å². The maximum absolute atomic E-state index is 12.8. The Hall–Kier alpha value is -3.53. The second-order valence-electron chi connectivity index (χ2n) is 8.20. The summed E-state index contributed by atoms with van der Waals surface area (Å²) in [6.45, 7) is 2.14. The van der Waals surface area contributed by atoms with Crippen LogP contribution in [0.15, 0.2) is 47.3 Å². The molecule has 0 saturated carbocycles. The van der Waals surface area contributed by atoms with Crippen molar-refractivity contribution in [2.45, 2.75) is 32.7 Å². The maximum atomic E-state index is 12.8. The van der Waals surface area contributed by atoms with Crippen LogP contribution in [0.5, 0.6) is 0 Å². The normalized spacial score (nSPS) is 13.5. The fraction of sp³-hybridized carbons (Fsp3) is 0.333. The molecular weight excluding hydrogens is 458 g/mol. The van der Waals surface area contributed by atoms with E-state index in [0.717, 1.165) is 11.8 Å². The van der Waals surface area contributed by atoms with Crippen LogP contribution < -0.4 is 9.86 Å². The van der Waals surface area contributed by atoms with Crippen molar-refractivity contribution in [1.29, 1.82) is 0 Å². The van der Waals surface area contributed by atoms with Crippen molar-refractivity contribution in [2.75, 3.05) is 23.7 Å². The van der Waals surface area contributed by atoms with Crippen molar-refractivity contribution in [3.8, 4) is 0 Å². The van der Waals surface area contributed by atoms with E-state index in [-0.39, 0.29) is 11.3 Å².